The van der Waals surface area contributed by atoms with E-state index in [9.17, 15) is 31.5 Å². The monoisotopic (exact) mass is 377 g/mol. The number of anilines is 1. The molecule has 1 aromatic carbocycles. The van der Waals surface area contributed by atoms with Crippen molar-refractivity contribution in [3.05, 3.63) is 29.3 Å². The molecule has 1 aromatic rings. The van der Waals surface area contributed by atoms with Crippen molar-refractivity contribution >= 4 is 17.6 Å². The van der Waals surface area contributed by atoms with Gasteiger partial charge in [0.05, 0.1) is 0 Å². The lowest BCUT2D eigenvalue weighted by Crippen LogP contribution is -2.34. The predicted molar refractivity (Wildman–Crippen MR) is 81.2 cm³/mol. The number of nitrogens with one attached hydrogen (secondary N) is 2. The number of benzene rings is 1. The maximum atomic E-state index is 13.5. The minimum absolute atomic E-state index is 0.0339. The van der Waals surface area contributed by atoms with Crippen molar-refractivity contribution in [3.63, 3.8) is 0 Å². The van der Waals surface area contributed by atoms with Gasteiger partial charge in [0.25, 0.3) is 0 Å². The second kappa shape index (κ2) is 6.73. The zero-order chi connectivity index (χ0) is 19.1. The van der Waals surface area contributed by atoms with Gasteiger partial charge in [0.15, 0.2) is 0 Å². The summed E-state index contributed by atoms with van der Waals surface area (Å²) in [7, 11) is 0. The maximum Gasteiger partial charge on any atom is 0.422 e. The molecule has 3 amide bonds. The minimum atomic E-state index is -5.17. The van der Waals surface area contributed by atoms with Gasteiger partial charge >= 0.3 is 12.2 Å². The van der Waals surface area contributed by atoms with Crippen molar-refractivity contribution in [1.82, 2.24) is 10.2 Å². The van der Waals surface area contributed by atoms with E-state index in [1.165, 1.54) is 0 Å². The largest absolute Gasteiger partial charge is 0.422 e. The van der Waals surface area contributed by atoms with E-state index < -0.39 is 35.1 Å². The van der Waals surface area contributed by atoms with Gasteiger partial charge in [-0.1, -0.05) is 0 Å². The van der Waals surface area contributed by atoms with E-state index in [0.29, 0.717) is 31.1 Å². The molecule has 2 aliphatic rings. The van der Waals surface area contributed by atoms with Crippen LogP contribution in [-0.2, 0) is 11.0 Å². The van der Waals surface area contributed by atoms with Crippen LogP contribution in [0, 0.1) is 17.6 Å². The predicted octanol–water partition coefficient (Wildman–Crippen LogP) is 3.12. The Labute approximate surface area is 145 Å². The Morgan fingerprint density at radius 2 is 1.81 bits per heavy atom. The van der Waals surface area contributed by atoms with E-state index in [4.69, 9.17) is 0 Å². The van der Waals surface area contributed by atoms with Gasteiger partial charge in [-0.15, -0.1) is 0 Å². The van der Waals surface area contributed by atoms with Crippen LogP contribution < -0.4 is 10.6 Å². The molecule has 0 bridgehead atoms. The van der Waals surface area contributed by atoms with Crippen molar-refractivity contribution in [2.45, 2.75) is 31.5 Å². The molecule has 1 saturated heterocycles. The zero-order valence-corrected chi connectivity index (χ0v) is 13.5. The number of halogens is 5. The first-order valence-corrected chi connectivity index (χ1v) is 8.05. The number of alkyl halides is 3. The number of nitrogens with zero attached hydrogens (tertiary/aromatic N) is 1. The Bertz CT molecular complexity index is 710. The van der Waals surface area contributed by atoms with Gasteiger partial charge in [0, 0.05) is 37.2 Å². The van der Waals surface area contributed by atoms with Gasteiger partial charge in [-0.3, -0.25) is 4.79 Å². The highest BCUT2D eigenvalue weighted by molar-refractivity contribution is 5.89. The van der Waals surface area contributed by atoms with E-state index in [2.05, 4.69) is 10.6 Å². The molecule has 1 aliphatic heterocycles. The maximum absolute atomic E-state index is 13.5. The van der Waals surface area contributed by atoms with E-state index in [1.54, 1.807) is 4.90 Å². The molecule has 2 fully saturated rings. The SMILES string of the molecule is O=C(NCC1CC(=O)N(C2CC2)C1)Nc1cc(F)c(C(F)(F)F)c(F)c1. The van der Waals surface area contributed by atoms with Gasteiger partial charge in [-0.05, 0) is 25.0 Å². The highest BCUT2D eigenvalue weighted by Crippen LogP contribution is 2.35. The molecule has 0 aromatic heterocycles. The second-order valence-corrected chi connectivity index (χ2v) is 6.50. The van der Waals surface area contributed by atoms with Crippen LogP contribution in [-0.4, -0.2) is 36.0 Å². The standard InChI is InChI=1S/C16H16F5N3O2/c17-11-4-9(5-12(18)14(11)16(19,20)21)23-15(26)22-6-8-3-13(25)24(7-8)10-1-2-10/h4-5,8,10H,1-3,6-7H2,(H2,22,23,26). The Kier molecular flexibility index (Phi) is 4.76. The van der Waals surface area contributed by atoms with Crippen LogP contribution in [0.25, 0.3) is 0 Å². The van der Waals surface area contributed by atoms with E-state index in [0.717, 1.165) is 12.8 Å². The van der Waals surface area contributed by atoms with Gasteiger partial charge in [0.1, 0.15) is 17.2 Å². The summed E-state index contributed by atoms with van der Waals surface area (Å²) in [5, 5.41) is 4.55. The van der Waals surface area contributed by atoms with E-state index >= 15 is 0 Å². The molecule has 0 spiro atoms. The number of carbonyl (C=O) groups is 2. The number of amides is 3. The summed E-state index contributed by atoms with van der Waals surface area (Å²) >= 11 is 0. The molecule has 1 aliphatic carbocycles. The van der Waals surface area contributed by atoms with Crippen LogP contribution in [0.15, 0.2) is 12.1 Å². The number of likely N-dealkylation sites (tertiary alicyclic amines) is 1. The molecule has 3 rings (SSSR count). The molecular weight excluding hydrogens is 361 g/mol. The first-order chi connectivity index (χ1) is 12.1. The van der Waals surface area contributed by atoms with E-state index in [1.807, 2.05) is 0 Å². The first-order valence-electron chi connectivity index (χ1n) is 8.05. The zero-order valence-electron chi connectivity index (χ0n) is 13.5. The first kappa shape index (κ1) is 18.4. The van der Waals surface area contributed by atoms with Crippen molar-refractivity contribution in [1.29, 1.82) is 0 Å². The van der Waals surface area contributed by atoms with Crippen LogP contribution in [0.2, 0.25) is 0 Å². The van der Waals surface area contributed by atoms with Crippen molar-refractivity contribution in [2.75, 3.05) is 18.4 Å². The van der Waals surface area contributed by atoms with Crippen LogP contribution in [0.5, 0.6) is 0 Å². The molecule has 26 heavy (non-hydrogen) atoms. The lowest BCUT2D eigenvalue weighted by Gasteiger charge is -2.16. The fraction of sp³-hybridized carbons (Fsp3) is 0.500. The van der Waals surface area contributed by atoms with Gasteiger partial charge in [-0.2, -0.15) is 13.2 Å². The second-order valence-electron chi connectivity index (χ2n) is 6.50. The van der Waals surface area contributed by atoms with E-state index in [-0.39, 0.29) is 18.4 Å². The normalized spacial score (nSPS) is 20.4. The Hall–Kier alpha value is -2.39. The van der Waals surface area contributed by atoms with Crippen molar-refractivity contribution < 1.29 is 31.5 Å². The molecular formula is C16H16F5N3O2. The molecule has 1 saturated carbocycles. The highest BCUT2D eigenvalue weighted by atomic mass is 19.4. The number of hydrogen-bond acceptors (Lipinski definition) is 2. The molecule has 10 heteroatoms. The summed E-state index contributed by atoms with van der Waals surface area (Å²) in [5.74, 6) is -3.66. The van der Waals surface area contributed by atoms with Crippen molar-refractivity contribution in [2.24, 2.45) is 5.92 Å². The quantitative estimate of drug-likeness (QED) is 0.792. The van der Waals surface area contributed by atoms with Crippen LogP contribution in [0.1, 0.15) is 24.8 Å². The van der Waals surface area contributed by atoms with Gasteiger partial charge < -0.3 is 15.5 Å². The molecule has 142 valence electrons. The summed E-state index contributed by atoms with van der Waals surface area (Å²) in [4.78, 5) is 25.4. The summed E-state index contributed by atoms with van der Waals surface area (Å²) in [5.41, 5.74) is -2.44. The lowest BCUT2D eigenvalue weighted by atomic mass is 10.1. The van der Waals surface area contributed by atoms with Gasteiger partial charge in [-0.25, -0.2) is 13.6 Å². The Morgan fingerprint density at radius 1 is 1.19 bits per heavy atom. The number of rotatable bonds is 4. The molecule has 1 heterocycles. The van der Waals surface area contributed by atoms with Crippen LogP contribution in [0.4, 0.5) is 32.4 Å². The molecule has 0 radical (unpaired) electrons. The topological polar surface area (TPSA) is 61.4 Å². The van der Waals surface area contributed by atoms with Crippen LogP contribution >= 0.6 is 0 Å². The fourth-order valence-electron chi connectivity index (χ4n) is 3.01. The summed E-state index contributed by atoms with van der Waals surface area (Å²) in [6.07, 6.45) is -2.90. The molecule has 2 N–H and O–H groups in total. The smallest absolute Gasteiger partial charge is 0.339 e. The average molecular weight is 377 g/mol. The summed E-state index contributed by atoms with van der Waals surface area (Å²) in [6.45, 7) is 0.708. The fourth-order valence-corrected chi connectivity index (χ4v) is 3.01. The van der Waals surface area contributed by atoms with Crippen LogP contribution in [0.3, 0.4) is 0 Å². The minimum Gasteiger partial charge on any atom is -0.339 e. The number of hydrogen-bond donors (Lipinski definition) is 2. The third kappa shape index (κ3) is 4.05. The molecule has 1 atom stereocenters. The Morgan fingerprint density at radius 3 is 2.35 bits per heavy atom. The third-order valence-corrected chi connectivity index (χ3v) is 4.36. The third-order valence-electron chi connectivity index (χ3n) is 4.36. The average Bonchev–Trinajstić information content (AvgIpc) is 3.26. The summed E-state index contributed by atoms with van der Waals surface area (Å²) < 4.78 is 64.5. The number of carbonyl (C=O) groups excluding carboxylic acids is 2. The lowest BCUT2D eigenvalue weighted by molar-refractivity contribution is -0.142. The number of urea groups is 1. The molecule has 1 unspecified atom stereocenters. The highest BCUT2D eigenvalue weighted by Gasteiger charge is 2.39. The molecule has 5 nitrogen and oxygen atoms in total. The Balaban J connectivity index is 1.54. The van der Waals surface area contributed by atoms with Gasteiger partial charge in [0.2, 0.25) is 5.91 Å². The summed E-state index contributed by atoms with van der Waals surface area (Å²) in [6, 6.07) is 0.277. The van der Waals surface area contributed by atoms with Crippen molar-refractivity contribution in [3.8, 4) is 0 Å².